The number of benzene rings is 3. The van der Waals surface area contributed by atoms with Gasteiger partial charge in [0.2, 0.25) is 5.78 Å². The van der Waals surface area contributed by atoms with Gasteiger partial charge in [0.25, 0.3) is 0 Å². The van der Waals surface area contributed by atoms with Crippen molar-refractivity contribution in [3.8, 4) is 0 Å². The second-order valence-electron chi connectivity index (χ2n) is 7.48. The molecular formula is C27H24N4O. The number of nitrogens with zero attached hydrogens (tertiary/aromatic N) is 4. The summed E-state index contributed by atoms with van der Waals surface area (Å²) in [7, 11) is 0. The Kier molecular flexibility index (Phi) is 6.46. The first kappa shape index (κ1) is 21.1. The van der Waals surface area contributed by atoms with Gasteiger partial charge in [0, 0.05) is 22.4 Å². The van der Waals surface area contributed by atoms with Gasteiger partial charge < -0.3 is 0 Å². The lowest BCUT2D eigenvalue weighted by Gasteiger charge is -2.05. The Bertz CT molecular complexity index is 1260. The summed E-state index contributed by atoms with van der Waals surface area (Å²) in [4.78, 5) is 13.1. The van der Waals surface area contributed by atoms with E-state index in [4.69, 9.17) is 0 Å². The molecule has 0 fully saturated rings. The van der Waals surface area contributed by atoms with E-state index in [0.29, 0.717) is 17.8 Å². The summed E-state index contributed by atoms with van der Waals surface area (Å²) in [5, 5.41) is 13.3. The highest BCUT2D eigenvalue weighted by Crippen LogP contribution is 2.14. The van der Waals surface area contributed by atoms with Crippen LogP contribution in [0.2, 0.25) is 0 Å². The topological polar surface area (TPSA) is 59.6 Å². The zero-order valence-electron chi connectivity index (χ0n) is 18.1. The van der Waals surface area contributed by atoms with Crippen LogP contribution in [0.3, 0.4) is 0 Å². The fourth-order valence-electron chi connectivity index (χ4n) is 3.51. The summed E-state index contributed by atoms with van der Waals surface area (Å²) >= 11 is 0. The fraction of sp³-hybridized carbons (Fsp3) is 0.111. The summed E-state index contributed by atoms with van der Waals surface area (Å²) in [6.45, 7) is 4.65. The van der Waals surface area contributed by atoms with Gasteiger partial charge in [-0.15, -0.1) is 5.10 Å². The van der Waals surface area contributed by atoms with Gasteiger partial charge in [-0.25, -0.2) is 0 Å². The van der Waals surface area contributed by atoms with Crippen LogP contribution in [0.15, 0.2) is 101 Å². The molecule has 0 N–H and O–H groups in total. The Morgan fingerprint density at radius 1 is 0.844 bits per heavy atom. The minimum absolute atomic E-state index is 0.165. The van der Waals surface area contributed by atoms with Crippen LogP contribution in [0.25, 0.3) is 0 Å². The van der Waals surface area contributed by atoms with Crippen LogP contribution in [-0.2, 0) is 6.54 Å². The van der Waals surface area contributed by atoms with Crippen LogP contribution < -0.4 is 0 Å². The van der Waals surface area contributed by atoms with Crippen LogP contribution in [0.4, 0.5) is 0 Å². The fourth-order valence-corrected chi connectivity index (χ4v) is 3.51. The van der Waals surface area contributed by atoms with E-state index in [9.17, 15) is 4.79 Å². The molecule has 0 saturated heterocycles. The number of carbonyl (C=O) groups excluding carboxylic acids is 1. The number of hydrogen-bond donors (Lipinski definition) is 0. The van der Waals surface area contributed by atoms with E-state index in [1.54, 1.807) is 18.3 Å². The minimum atomic E-state index is -0.165. The van der Waals surface area contributed by atoms with Gasteiger partial charge in [-0.05, 0) is 19.4 Å². The highest BCUT2D eigenvalue weighted by Gasteiger charge is 2.16. The van der Waals surface area contributed by atoms with Crippen molar-refractivity contribution in [3.63, 3.8) is 0 Å². The van der Waals surface area contributed by atoms with Crippen LogP contribution in [0.5, 0.6) is 0 Å². The minimum Gasteiger partial charge on any atom is -0.287 e. The van der Waals surface area contributed by atoms with E-state index >= 15 is 0 Å². The average Bonchev–Trinajstić information content (AvgIpc) is 3.10. The molecule has 0 bridgehead atoms. The first-order chi connectivity index (χ1) is 15.6. The molecule has 3 aromatic carbocycles. The Balaban J connectivity index is 1.64. The Morgan fingerprint density at radius 2 is 1.41 bits per heavy atom. The van der Waals surface area contributed by atoms with Gasteiger partial charge >= 0.3 is 0 Å². The molecule has 0 amide bonds. The molecular weight excluding hydrogens is 396 g/mol. The van der Waals surface area contributed by atoms with Crippen molar-refractivity contribution in [2.75, 3.05) is 0 Å². The molecule has 32 heavy (non-hydrogen) atoms. The Hall–Kier alpha value is -4.12. The predicted octanol–water partition coefficient (Wildman–Crippen LogP) is 5.25. The second-order valence-corrected chi connectivity index (χ2v) is 7.48. The van der Waals surface area contributed by atoms with Crippen molar-refractivity contribution in [3.05, 3.63) is 125 Å². The molecule has 5 nitrogen and oxygen atoms in total. The molecule has 0 saturated carbocycles. The van der Waals surface area contributed by atoms with Crippen molar-refractivity contribution in [1.29, 1.82) is 0 Å². The van der Waals surface area contributed by atoms with Crippen LogP contribution in [0, 0.1) is 13.8 Å². The standard InChI is InChI=1S/C27H24N4O/c1-20-25(21(2)31(30-20)19-22-12-6-3-7-13-22)18-28-29-26(23-14-8-4-9-15-23)27(32)24-16-10-5-11-17-24/h3-18H,19H2,1-2H3/b28-18-,29-26-. The van der Waals surface area contributed by atoms with Crippen molar-refractivity contribution < 1.29 is 4.79 Å². The van der Waals surface area contributed by atoms with Gasteiger partial charge in [0.05, 0.1) is 18.5 Å². The van der Waals surface area contributed by atoms with Crippen LogP contribution >= 0.6 is 0 Å². The molecule has 0 aliphatic rings. The van der Waals surface area contributed by atoms with Gasteiger partial charge in [0.15, 0.2) is 0 Å². The molecule has 4 aromatic rings. The summed E-state index contributed by atoms with van der Waals surface area (Å²) in [6, 6.07) is 28.7. The first-order valence-electron chi connectivity index (χ1n) is 10.5. The zero-order valence-corrected chi connectivity index (χ0v) is 18.1. The predicted molar refractivity (Wildman–Crippen MR) is 129 cm³/mol. The van der Waals surface area contributed by atoms with Crippen LogP contribution in [-0.4, -0.2) is 27.5 Å². The summed E-state index contributed by atoms with van der Waals surface area (Å²) in [5.41, 5.74) is 5.57. The largest absolute Gasteiger partial charge is 0.287 e. The maximum atomic E-state index is 13.1. The van der Waals surface area contributed by atoms with E-state index in [1.165, 1.54) is 5.56 Å². The molecule has 0 radical (unpaired) electrons. The van der Waals surface area contributed by atoms with Crippen molar-refractivity contribution in [2.45, 2.75) is 20.4 Å². The molecule has 0 atom stereocenters. The normalized spacial score (nSPS) is 11.8. The quantitative estimate of drug-likeness (QED) is 0.233. The SMILES string of the molecule is Cc1nn(Cc2ccccc2)c(C)c1/C=N\N=C(/C(=O)c1ccccc1)c1ccccc1. The van der Waals surface area contributed by atoms with E-state index in [0.717, 1.165) is 22.5 Å². The monoisotopic (exact) mass is 420 g/mol. The molecule has 0 aliphatic carbocycles. The van der Waals surface area contributed by atoms with Gasteiger partial charge in [-0.3, -0.25) is 9.48 Å². The van der Waals surface area contributed by atoms with E-state index in [2.05, 4.69) is 27.4 Å². The van der Waals surface area contributed by atoms with Crippen molar-refractivity contribution >= 4 is 17.7 Å². The molecule has 4 rings (SSSR count). The van der Waals surface area contributed by atoms with E-state index in [-0.39, 0.29) is 5.78 Å². The Morgan fingerprint density at radius 3 is 2.03 bits per heavy atom. The number of ketones is 1. The van der Waals surface area contributed by atoms with E-state index < -0.39 is 0 Å². The van der Waals surface area contributed by atoms with Gasteiger partial charge in [0.1, 0.15) is 5.71 Å². The third-order valence-corrected chi connectivity index (χ3v) is 5.26. The smallest absolute Gasteiger partial charge is 0.213 e. The van der Waals surface area contributed by atoms with Crippen molar-refractivity contribution in [1.82, 2.24) is 9.78 Å². The maximum Gasteiger partial charge on any atom is 0.213 e. The summed E-state index contributed by atoms with van der Waals surface area (Å²) < 4.78 is 1.96. The summed E-state index contributed by atoms with van der Waals surface area (Å²) in [5.74, 6) is -0.165. The molecule has 1 aromatic heterocycles. The van der Waals surface area contributed by atoms with Gasteiger partial charge in [-0.2, -0.15) is 10.2 Å². The number of Topliss-reactive ketones (excluding diaryl/α,β-unsaturated/α-hetero) is 1. The third kappa shape index (κ3) is 4.78. The molecule has 5 heteroatoms. The molecule has 0 unspecified atom stereocenters. The molecule has 158 valence electrons. The lowest BCUT2D eigenvalue weighted by atomic mass is 10.0. The van der Waals surface area contributed by atoms with Gasteiger partial charge in [-0.1, -0.05) is 91.0 Å². The third-order valence-electron chi connectivity index (χ3n) is 5.26. The van der Waals surface area contributed by atoms with Crippen LogP contribution in [0.1, 0.15) is 38.4 Å². The number of hydrogen-bond acceptors (Lipinski definition) is 4. The maximum absolute atomic E-state index is 13.1. The molecule has 0 spiro atoms. The lowest BCUT2D eigenvalue weighted by Crippen LogP contribution is -2.15. The van der Waals surface area contributed by atoms with Crippen molar-refractivity contribution in [2.24, 2.45) is 10.2 Å². The molecule has 1 heterocycles. The number of carbonyl (C=O) groups is 1. The average molecular weight is 421 g/mol. The Labute approximate surface area is 187 Å². The van der Waals surface area contributed by atoms with E-state index in [1.807, 2.05) is 85.3 Å². The number of aryl methyl sites for hydroxylation is 1. The second kappa shape index (κ2) is 9.79. The summed E-state index contributed by atoms with van der Waals surface area (Å²) in [6.07, 6.45) is 1.68. The number of rotatable bonds is 7. The highest BCUT2D eigenvalue weighted by molar-refractivity contribution is 6.51. The highest BCUT2D eigenvalue weighted by atomic mass is 16.1. The molecule has 0 aliphatic heterocycles. The first-order valence-corrected chi connectivity index (χ1v) is 10.5. The zero-order chi connectivity index (χ0) is 22.3. The lowest BCUT2D eigenvalue weighted by molar-refractivity contribution is 0.106. The number of aromatic nitrogens is 2.